The normalized spacial score (nSPS) is 25.5. The van der Waals surface area contributed by atoms with Crippen LogP contribution in [0.3, 0.4) is 0 Å². The minimum Gasteiger partial charge on any atom is -0.478 e. The van der Waals surface area contributed by atoms with Crippen molar-refractivity contribution < 1.29 is 19.4 Å². The maximum atomic E-state index is 11.5. The minimum absolute atomic E-state index is 0.313. The topological polar surface area (TPSA) is 59.0 Å². The summed E-state index contributed by atoms with van der Waals surface area (Å²) >= 11 is 0. The van der Waals surface area contributed by atoms with Gasteiger partial charge >= 0.3 is 5.97 Å². The Labute approximate surface area is 143 Å². The Hall–Kier alpha value is -1.75. The summed E-state index contributed by atoms with van der Waals surface area (Å²) in [6.07, 6.45) is 4.57. The lowest BCUT2D eigenvalue weighted by atomic mass is 9.85. The van der Waals surface area contributed by atoms with Crippen molar-refractivity contribution in [3.8, 4) is 11.5 Å². The molecule has 1 N–H and O–H groups in total. The zero-order valence-electron chi connectivity index (χ0n) is 15.0. The zero-order chi connectivity index (χ0) is 17.5. The van der Waals surface area contributed by atoms with Crippen molar-refractivity contribution in [1.29, 1.82) is 0 Å². The Morgan fingerprint density at radius 2 is 1.92 bits per heavy atom. The molecule has 1 aliphatic carbocycles. The third kappa shape index (κ3) is 2.97. The number of carboxylic acid groups (broad SMARTS) is 1. The van der Waals surface area contributed by atoms with Gasteiger partial charge in [-0.3, -0.25) is 0 Å². The maximum Gasteiger partial charge on any atom is 0.336 e. The summed E-state index contributed by atoms with van der Waals surface area (Å²) in [5.41, 5.74) is 1.90. The number of ether oxygens (including phenoxy) is 2. The fourth-order valence-corrected chi connectivity index (χ4v) is 3.92. The summed E-state index contributed by atoms with van der Waals surface area (Å²) in [7, 11) is 4.21. The van der Waals surface area contributed by atoms with Crippen LogP contribution in [0.1, 0.15) is 54.1 Å². The van der Waals surface area contributed by atoms with E-state index in [1.165, 1.54) is 0 Å². The van der Waals surface area contributed by atoms with Crippen molar-refractivity contribution in [2.24, 2.45) is 5.92 Å². The Morgan fingerprint density at radius 3 is 2.46 bits per heavy atom. The first-order valence-corrected chi connectivity index (χ1v) is 8.77. The van der Waals surface area contributed by atoms with Gasteiger partial charge < -0.3 is 19.5 Å². The van der Waals surface area contributed by atoms with Crippen molar-refractivity contribution in [3.05, 3.63) is 22.8 Å². The quantitative estimate of drug-likeness (QED) is 0.914. The molecule has 1 aromatic carbocycles. The van der Waals surface area contributed by atoms with Crippen LogP contribution in [0, 0.1) is 12.8 Å². The summed E-state index contributed by atoms with van der Waals surface area (Å²) in [6, 6.07) is 1.73. The minimum atomic E-state index is -0.913. The van der Waals surface area contributed by atoms with Crippen molar-refractivity contribution in [2.75, 3.05) is 20.6 Å². The van der Waals surface area contributed by atoms with Crippen LogP contribution in [0.5, 0.6) is 11.5 Å². The van der Waals surface area contributed by atoms with Crippen LogP contribution < -0.4 is 9.47 Å². The molecule has 1 fully saturated rings. The van der Waals surface area contributed by atoms with E-state index in [1.54, 1.807) is 6.07 Å². The Bertz CT molecular complexity index is 645. The van der Waals surface area contributed by atoms with Crippen LogP contribution in [-0.4, -0.2) is 42.4 Å². The lowest BCUT2D eigenvalue weighted by Gasteiger charge is -2.36. The number of fused-ring (bicyclic) bond motifs is 1. The molecule has 3 rings (SSSR count). The number of hydrogen-bond donors (Lipinski definition) is 1. The Kier molecular flexibility index (Phi) is 4.47. The highest BCUT2D eigenvalue weighted by molar-refractivity contribution is 5.91. The molecule has 132 valence electrons. The number of benzene rings is 1. The fourth-order valence-electron chi connectivity index (χ4n) is 3.92. The van der Waals surface area contributed by atoms with Crippen molar-refractivity contribution in [3.63, 3.8) is 0 Å². The van der Waals surface area contributed by atoms with Gasteiger partial charge in [-0.15, -0.1) is 0 Å². The second-order valence-corrected chi connectivity index (χ2v) is 7.35. The molecule has 5 nitrogen and oxygen atoms in total. The SMILES string of the molecule is CCc1cc(C(=O)O)c(C)c2c1OC1(CCC(CN(C)C)CC1)O2. The lowest BCUT2D eigenvalue weighted by molar-refractivity contribution is -0.115. The molecular formula is C19H27NO4. The van der Waals surface area contributed by atoms with E-state index in [0.717, 1.165) is 50.0 Å². The monoisotopic (exact) mass is 333 g/mol. The van der Waals surface area contributed by atoms with Gasteiger partial charge in [-0.05, 0) is 57.8 Å². The zero-order valence-corrected chi connectivity index (χ0v) is 15.0. The second kappa shape index (κ2) is 6.28. The van der Waals surface area contributed by atoms with E-state index >= 15 is 0 Å². The van der Waals surface area contributed by atoms with Crippen LogP contribution in [0.2, 0.25) is 0 Å². The Morgan fingerprint density at radius 1 is 1.29 bits per heavy atom. The molecule has 24 heavy (non-hydrogen) atoms. The van der Waals surface area contributed by atoms with Gasteiger partial charge in [0.1, 0.15) is 0 Å². The predicted octanol–water partition coefficient (Wildman–Crippen LogP) is 3.47. The van der Waals surface area contributed by atoms with Gasteiger partial charge in [-0.1, -0.05) is 6.92 Å². The molecule has 0 bridgehead atoms. The van der Waals surface area contributed by atoms with E-state index in [4.69, 9.17) is 9.47 Å². The average molecular weight is 333 g/mol. The summed E-state index contributed by atoms with van der Waals surface area (Å²) < 4.78 is 12.6. The summed E-state index contributed by atoms with van der Waals surface area (Å²) in [5.74, 6) is 0.549. The van der Waals surface area contributed by atoms with Crippen LogP contribution >= 0.6 is 0 Å². The van der Waals surface area contributed by atoms with Gasteiger partial charge in [-0.25, -0.2) is 4.79 Å². The molecule has 1 aliphatic heterocycles. The third-order valence-electron chi connectivity index (χ3n) is 5.24. The van der Waals surface area contributed by atoms with Gasteiger partial charge in [0.15, 0.2) is 11.5 Å². The molecule has 1 aromatic rings. The number of rotatable bonds is 4. The molecule has 5 heteroatoms. The number of aromatic carboxylic acids is 1. The standard InChI is InChI=1S/C19H27NO4/c1-5-14-10-15(18(21)22)12(2)16-17(14)24-19(23-16)8-6-13(7-9-19)11-20(3)4/h10,13H,5-9,11H2,1-4H3,(H,21,22). The number of aryl methyl sites for hydroxylation is 1. The van der Waals surface area contributed by atoms with E-state index in [2.05, 4.69) is 19.0 Å². The lowest BCUT2D eigenvalue weighted by Crippen LogP contribution is -2.43. The maximum absolute atomic E-state index is 11.5. The first kappa shape index (κ1) is 17.1. The smallest absolute Gasteiger partial charge is 0.336 e. The second-order valence-electron chi connectivity index (χ2n) is 7.35. The third-order valence-corrected chi connectivity index (χ3v) is 5.24. The Balaban J connectivity index is 1.85. The molecule has 1 spiro atoms. The molecule has 1 heterocycles. The first-order valence-electron chi connectivity index (χ1n) is 8.77. The highest BCUT2D eigenvalue weighted by Crippen LogP contribution is 2.50. The molecule has 0 unspecified atom stereocenters. The molecule has 0 radical (unpaired) electrons. The van der Waals surface area contributed by atoms with Crippen molar-refractivity contribution in [2.45, 2.75) is 51.7 Å². The number of carbonyl (C=O) groups is 1. The van der Waals surface area contributed by atoms with Gasteiger partial charge in [0.05, 0.1) is 5.56 Å². The van der Waals surface area contributed by atoms with Crippen LogP contribution in [0.25, 0.3) is 0 Å². The molecule has 0 aromatic heterocycles. The van der Waals surface area contributed by atoms with Crippen molar-refractivity contribution in [1.82, 2.24) is 4.90 Å². The molecule has 2 aliphatic rings. The summed E-state index contributed by atoms with van der Waals surface area (Å²) in [5, 5.41) is 9.44. The molecule has 0 amide bonds. The largest absolute Gasteiger partial charge is 0.478 e. The summed E-state index contributed by atoms with van der Waals surface area (Å²) in [6.45, 7) is 4.91. The van der Waals surface area contributed by atoms with E-state index in [-0.39, 0.29) is 0 Å². The predicted molar refractivity (Wildman–Crippen MR) is 92.0 cm³/mol. The van der Waals surface area contributed by atoms with Crippen LogP contribution in [0.4, 0.5) is 0 Å². The molecular weight excluding hydrogens is 306 g/mol. The van der Waals surface area contributed by atoms with Gasteiger partial charge in [0.2, 0.25) is 0 Å². The molecule has 0 atom stereocenters. The number of nitrogens with zero attached hydrogens (tertiary/aromatic N) is 1. The van der Waals surface area contributed by atoms with Crippen molar-refractivity contribution >= 4 is 5.97 Å². The van der Waals surface area contributed by atoms with E-state index in [0.29, 0.717) is 22.8 Å². The average Bonchev–Trinajstić information content (AvgIpc) is 2.89. The highest BCUT2D eigenvalue weighted by atomic mass is 16.7. The van der Waals surface area contributed by atoms with E-state index < -0.39 is 11.8 Å². The molecule has 1 saturated carbocycles. The van der Waals surface area contributed by atoms with Gasteiger partial charge in [0, 0.05) is 24.9 Å². The fraction of sp³-hybridized carbons (Fsp3) is 0.632. The first-order chi connectivity index (χ1) is 11.3. The molecule has 0 saturated heterocycles. The van der Waals surface area contributed by atoms with Crippen LogP contribution in [-0.2, 0) is 6.42 Å². The highest BCUT2D eigenvalue weighted by Gasteiger charge is 2.46. The number of hydrogen-bond acceptors (Lipinski definition) is 4. The van der Waals surface area contributed by atoms with Gasteiger partial charge in [0.25, 0.3) is 5.79 Å². The van der Waals surface area contributed by atoms with E-state index in [1.807, 2.05) is 13.8 Å². The van der Waals surface area contributed by atoms with E-state index in [9.17, 15) is 9.90 Å². The number of carboxylic acids is 1. The van der Waals surface area contributed by atoms with Crippen LogP contribution in [0.15, 0.2) is 6.07 Å². The van der Waals surface area contributed by atoms with Gasteiger partial charge in [-0.2, -0.15) is 0 Å². The summed E-state index contributed by atoms with van der Waals surface area (Å²) in [4.78, 5) is 13.7.